The fourth-order valence-corrected chi connectivity index (χ4v) is 2.04. The van der Waals surface area contributed by atoms with E-state index in [9.17, 15) is 4.79 Å². The number of likely N-dealkylation sites (N-methyl/N-ethyl adjacent to an activating group) is 1. The predicted octanol–water partition coefficient (Wildman–Crippen LogP) is 1.89. The number of carbonyl (C=O) groups is 1. The van der Waals surface area contributed by atoms with Gasteiger partial charge in [0.1, 0.15) is 6.04 Å². The van der Waals surface area contributed by atoms with Gasteiger partial charge in [-0.2, -0.15) is 0 Å². The van der Waals surface area contributed by atoms with Crippen LogP contribution in [0.4, 0.5) is 5.69 Å². The zero-order valence-electron chi connectivity index (χ0n) is 9.86. The van der Waals surface area contributed by atoms with E-state index in [0.29, 0.717) is 0 Å². The summed E-state index contributed by atoms with van der Waals surface area (Å²) in [5, 5.41) is 3.30. The average molecular weight is 218 g/mol. The molecular weight excluding hydrogens is 200 g/mol. The molecular formula is C13H18N2O. The summed E-state index contributed by atoms with van der Waals surface area (Å²) in [5.41, 5.74) is 2.34. The Morgan fingerprint density at radius 3 is 2.94 bits per heavy atom. The Morgan fingerprint density at radius 2 is 2.31 bits per heavy atom. The molecule has 0 aromatic heterocycles. The normalized spacial score (nSPS) is 20.2. The quantitative estimate of drug-likeness (QED) is 0.840. The fourth-order valence-electron chi connectivity index (χ4n) is 2.04. The van der Waals surface area contributed by atoms with Gasteiger partial charge in [0.15, 0.2) is 0 Å². The van der Waals surface area contributed by atoms with E-state index in [1.165, 1.54) is 5.56 Å². The Hall–Kier alpha value is -1.51. The van der Waals surface area contributed by atoms with Gasteiger partial charge in [0.2, 0.25) is 5.91 Å². The molecule has 0 bridgehead atoms. The minimum absolute atomic E-state index is 0.0443. The molecule has 0 radical (unpaired) electrons. The molecule has 1 saturated heterocycles. The van der Waals surface area contributed by atoms with Gasteiger partial charge in [-0.1, -0.05) is 19.1 Å². The summed E-state index contributed by atoms with van der Waals surface area (Å²) in [7, 11) is 1.85. The molecule has 1 heterocycles. The molecule has 16 heavy (non-hydrogen) atoms. The smallest absolute Gasteiger partial charge is 0.244 e. The topological polar surface area (TPSA) is 32.3 Å². The van der Waals surface area contributed by atoms with Gasteiger partial charge >= 0.3 is 0 Å². The van der Waals surface area contributed by atoms with Crippen LogP contribution >= 0.6 is 0 Å². The van der Waals surface area contributed by atoms with Crippen molar-refractivity contribution in [2.45, 2.75) is 25.8 Å². The van der Waals surface area contributed by atoms with Gasteiger partial charge in [0, 0.05) is 19.3 Å². The first-order valence-electron chi connectivity index (χ1n) is 5.81. The molecule has 1 atom stereocenters. The minimum atomic E-state index is -0.0443. The lowest BCUT2D eigenvalue weighted by molar-refractivity contribution is -0.127. The number of hydrogen-bond donors (Lipinski definition) is 1. The zero-order valence-corrected chi connectivity index (χ0v) is 9.86. The average Bonchev–Trinajstić information content (AvgIpc) is 2.61. The van der Waals surface area contributed by atoms with Crippen LogP contribution in [0.15, 0.2) is 24.3 Å². The summed E-state index contributed by atoms with van der Waals surface area (Å²) in [5.74, 6) is 0.196. The molecule has 1 fully saturated rings. The Bertz CT molecular complexity index is 389. The van der Waals surface area contributed by atoms with E-state index in [1.807, 2.05) is 19.2 Å². The predicted molar refractivity (Wildman–Crippen MR) is 65.5 cm³/mol. The lowest BCUT2D eigenvalue weighted by atomic mass is 10.1. The van der Waals surface area contributed by atoms with Crippen LogP contribution < -0.4 is 5.32 Å². The third-order valence-electron chi connectivity index (χ3n) is 3.10. The molecule has 2 rings (SSSR count). The molecule has 1 aliphatic heterocycles. The maximum atomic E-state index is 11.7. The number of likely N-dealkylation sites (tertiary alicyclic amines) is 1. The summed E-state index contributed by atoms with van der Waals surface area (Å²) in [6.45, 7) is 2.98. The van der Waals surface area contributed by atoms with Crippen LogP contribution in [-0.4, -0.2) is 30.4 Å². The number of aryl methyl sites for hydroxylation is 1. The van der Waals surface area contributed by atoms with Gasteiger partial charge in [0.05, 0.1) is 0 Å². The number of rotatable bonds is 3. The fraction of sp³-hybridized carbons (Fsp3) is 0.462. The molecule has 86 valence electrons. The maximum absolute atomic E-state index is 11.7. The first-order chi connectivity index (χ1) is 7.70. The highest BCUT2D eigenvalue weighted by Crippen LogP contribution is 2.17. The van der Waals surface area contributed by atoms with E-state index in [1.54, 1.807) is 4.90 Å². The zero-order chi connectivity index (χ0) is 11.5. The van der Waals surface area contributed by atoms with Crippen molar-refractivity contribution in [3.63, 3.8) is 0 Å². The second kappa shape index (κ2) is 4.56. The van der Waals surface area contributed by atoms with Crippen LogP contribution in [0.25, 0.3) is 0 Å². The molecule has 1 aromatic carbocycles. The molecule has 3 heteroatoms. The van der Waals surface area contributed by atoms with Crippen LogP contribution in [0.2, 0.25) is 0 Å². The minimum Gasteiger partial charge on any atom is -0.374 e. The van der Waals surface area contributed by atoms with Gasteiger partial charge in [-0.25, -0.2) is 0 Å². The van der Waals surface area contributed by atoms with Crippen molar-refractivity contribution in [2.24, 2.45) is 0 Å². The van der Waals surface area contributed by atoms with E-state index < -0.39 is 0 Å². The van der Waals surface area contributed by atoms with Crippen molar-refractivity contribution in [2.75, 3.05) is 18.9 Å². The number of nitrogens with zero attached hydrogens (tertiary/aromatic N) is 1. The van der Waals surface area contributed by atoms with Crippen LogP contribution in [-0.2, 0) is 11.2 Å². The number of benzene rings is 1. The number of hydrogen-bond acceptors (Lipinski definition) is 2. The molecule has 1 unspecified atom stereocenters. The van der Waals surface area contributed by atoms with E-state index in [-0.39, 0.29) is 11.9 Å². The number of nitrogens with one attached hydrogen (secondary N) is 1. The van der Waals surface area contributed by atoms with Crippen LogP contribution in [0, 0.1) is 0 Å². The van der Waals surface area contributed by atoms with Gasteiger partial charge in [-0.3, -0.25) is 4.79 Å². The Morgan fingerprint density at radius 1 is 1.50 bits per heavy atom. The van der Waals surface area contributed by atoms with Crippen LogP contribution in [0.3, 0.4) is 0 Å². The van der Waals surface area contributed by atoms with Gasteiger partial charge in [-0.05, 0) is 30.5 Å². The molecule has 1 amide bonds. The number of carbonyl (C=O) groups excluding carboxylic acids is 1. The SMILES string of the molecule is CCc1cccc(NC2CCN(C)C2=O)c1. The van der Waals surface area contributed by atoms with E-state index in [0.717, 1.165) is 25.1 Å². The number of amides is 1. The monoisotopic (exact) mass is 218 g/mol. The lowest BCUT2D eigenvalue weighted by Crippen LogP contribution is -2.30. The van der Waals surface area contributed by atoms with Crippen LogP contribution in [0.5, 0.6) is 0 Å². The summed E-state index contributed by atoms with van der Waals surface area (Å²) in [6.07, 6.45) is 1.92. The van der Waals surface area contributed by atoms with E-state index in [4.69, 9.17) is 0 Å². The largest absolute Gasteiger partial charge is 0.374 e. The standard InChI is InChI=1S/C13H18N2O/c1-3-10-5-4-6-11(9-10)14-12-7-8-15(2)13(12)16/h4-6,9,12,14H,3,7-8H2,1-2H3. The van der Waals surface area contributed by atoms with Crippen molar-refractivity contribution >= 4 is 11.6 Å². The summed E-state index contributed by atoms with van der Waals surface area (Å²) in [6, 6.07) is 8.23. The lowest BCUT2D eigenvalue weighted by Gasteiger charge is -2.14. The summed E-state index contributed by atoms with van der Waals surface area (Å²) < 4.78 is 0. The van der Waals surface area contributed by atoms with Crippen molar-refractivity contribution in [3.05, 3.63) is 29.8 Å². The van der Waals surface area contributed by atoms with Gasteiger partial charge < -0.3 is 10.2 Å². The highest BCUT2D eigenvalue weighted by Gasteiger charge is 2.28. The Balaban J connectivity index is 2.06. The van der Waals surface area contributed by atoms with Crippen molar-refractivity contribution in [1.82, 2.24) is 4.90 Å². The summed E-state index contributed by atoms with van der Waals surface area (Å²) in [4.78, 5) is 13.5. The Kier molecular flexibility index (Phi) is 3.13. The molecule has 0 spiro atoms. The molecule has 3 nitrogen and oxygen atoms in total. The van der Waals surface area contributed by atoms with Crippen molar-refractivity contribution in [1.29, 1.82) is 0 Å². The highest BCUT2D eigenvalue weighted by atomic mass is 16.2. The van der Waals surface area contributed by atoms with Crippen LogP contribution in [0.1, 0.15) is 18.9 Å². The first kappa shape index (κ1) is 11.0. The molecule has 1 N–H and O–H groups in total. The summed E-state index contributed by atoms with van der Waals surface area (Å²) >= 11 is 0. The third kappa shape index (κ3) is 2.18. The second-order valence-electron chi connectivity index (χ2n) is 4.30. The Labute approximate surface area is 96.5 Å². The van der Waals surface area contributed by atoms with Gasteiger partial charge in [0.25, 0.3) is 0 Å². The molecule has 1 aliphatic rings. The second-order valence-corrected chi connectivity index (χ2v) is 4.30. The first-order valence-corrected chi connectivity index (χ1v) is 5.81. The van der Waals surface area contributed by atoms with Crippen molar-refractivity contribution < 1.29 is 4.79 Å². The molecule has 1 aromatic rings. The highest BCUT2D eigenvalue weighted by molar-refractivity contribution is 5.86. The van der Waals surface area contributed by atoms with E-state index in [2.05, 4.69) is 24.4 Å². The van der Waals surface area contributed by atoms with E-state index >= 15 is 0 Å². The maximum Gasteiger partial charge on any atom is 0.244 e. The third-order valence-corrected chi connectivity index (χ3v) is 3.10. The molecule has 0 saturated carbocycles. The molecule has 0 aliphatic carbocycles. The number of anilines is 1. The van der Waals surface area contributed by atoms with Gasteiger partial charge in [-0.15, -0.1) is 0 Å². The van der Waals surface area contributed by atoms with Crippen molar-refractivity contribution in [3.8, 4) is 0 Å².